The Kier molecular flexibility index (Phi) is 4.97. The average Bonchev–Trinajstić information content (AvgIpc) is 2.43. The van der Waals surface area contributed by atoms with Crippen LogP contribution in [0, 0.1) is 20.8 Å². The van der Waals surface area contributed by atoms with E-state index in [0.717, 1.165) is 6.42 Å². The van der Waals surface area contributed by atoms with Crippen molar-refractivity contribution in [2.75, 3.05) is 0 Å². The monoisotopic (exact) mass is 268 g/mol. The quantitative estimate of drug-likeness (QED) is 0.717. The Morgan fingerprint density at radius 3 is 2.15 bits per heavy atom. The molecule has 0 fully saturated rings. The standard InChI is InChI=1S/C19H24O/c1-5-19(18-11-8-15(3)12-16(18)4)20-13-17-9-6-14(2)7-10-17/h6-12,19H,5,13H2,1-4H3. The van der Waals surface area contributed by atoms with Crippen molar-refractivity contribution < 1.29 is 4.74 Å². The lowest BCUT2D eigenvalue weighted by molar-refractivity contribution is 0.0367. The van der Waals surface area contributed by atoms with Crippen LogP contribution in [0.25, 0.3) is 0 Å². The van der Waals surface area contributed by atoms with Crippen LogP contribution >= 0.6 is 0 Å². The molecule has 20 heavy (non-hydrogen) atoms. The molecule has 1 unspecified atom stereocenters. The minimum absolute atomic E-state index is 0.178. The number of hydrogen-bond acceptors (Lipinski definition) is 1. The van der Waals surface area contributed by atoms with Crippen LogP contribution in [0.2, 0.25) is 0 Å². The van der Waals surface area contributed by atoms with Crippen molar-refractivity contribution >= 4 is 0 Å². The zero-order chi connectivity index (χ0) is 14.5. The van der Waals surface area contributed by atoms with Gasteiger partial charge in [0.2, 0.25) is 0 Å². The Hall–Kier alpha value is -1.60. The van der Waals surface area contributed by atoms with Gasteiger partial charge in [0.05, 0.1) is 12.7 Å². The van der Waals surface area contributed by atoms with Gasteiger partial charge in [-0.25, -0.2) is 0 Å². The molecule has 0 aliphatic rings. The van der Waals surface area contributed by atoms with Gasteiger partial charge in [-0.05, 0) is 43.9 Å². The van der Waals surface area contributed by atoms with Crippen LogP contribution in [-0.4, -0.2) is 0 Å². The highest BCUT2D eigenvalue weighted by molar-refractivity contribution is 5.32. The molecule has 106 valence electrons. The largest absolute Gasteiger partial charge is 0.369 e. The third-order valence-corrected chi connectivity index (χ3v) is 3.71. The Balaban J connectivity index is 2.07. The lowest BCUT2D eigenvalue weighted by atomic mass is 9.99. The van der Waals surface area contributed by atoms with E-state index in [9.17, 15) is 0 Å². The fourth-order valence-electron chi connectivity index (χ4n) is 2.50. The lowest BCUT2D eigenvalue weighted by Crippen LogP contribution is -2.05. The van der Waals surface area contributed by atoms with Crippen molar-refractivity contribution in [3.05, 3.63) is 70.3 Å². The van der Waals surface area contributed by atoms with Crippen molar-refractivity contribution in [3.63, 3.8) is 0 Å². The third kappa shape index (κ3) is 3.71. The molecule has 2 aromatic rings. The van der Waals surface area contributed by atoms with Crippen LogP contribution in [-0.2, 0) is 11.3 Å². The maximum atomic E-state index is 6.12. The summed E-state index contributed by atoms with van der Waals surface area (Å²) in [5.74, 6) is 0. The van der Waals surface area contributed by atoms with Crippen LogP contribution in [0.4, 0.5) is 0 Å². The van der Waals surface area contributed by atoms with Crippen molar-refractivity contribution in [2.24, 2.45) is 0 Å². The molecule has 0 heterocycles. The summed E-state index contributed by atoms with van der Waals surface area (Å²) in [7, 11) is 0. The van der Waals surface area contributed by atoms with Gasteiger partial charge in [-0.15, -0.1) is 0 Å². The van der Waals surface area contributed by atoms with Gasteiger partial charge in [-0.1, -0.05) is 60.5 Å². The molecule has 0 aliphatic carbocycles. The second-order valence-electron chi connectivity index (χ2n) is 5.55. The highest BCUT2D eigenvalue weighted by Gasteiger charge is 2.12. The molecule has 1 nitrogen and oxygen atoms in total. The summed E-state index contributed by atoms with van der Waals surface area (Å²) >= 11 is 0. The predicted molar refractivity (Wildman–Crippen MR) is 84.9 cm³/mol. The first kappa shape index (κ1) is 14.8. The summed E-state index contributed by atoms with van der Waals surface area (Å²) < 4.78 is 6.12. The zero-order valence-electron chi connectivity index (χ0n) is 12.9. The van der Waals surface area contributed by atoms with Gasteiger partial charge >= 0.3 is 0 Å². The van der Waals surface area contributed by atoms with Crippen molar-refractivity contribution in [2.45, 2.75) is 46.8 Å². The summed E-state index contributed by atoms with van der Waals surface area (Å²) in [5.41, 5.74) is 6.46. The summed E-state index contributed by atoms with van der Waals surface area (Å²) in [6, 6.07) is 15.2. The summed E-state index contributed by atoms with van der Waals surface area (Å²) in [4.78, 5) is 0. The van der Waals surface area contributed by atoms with E-state index in [4.69, 9.17) is 4.74 Å². The van der Waals surface area contributed by atoms with Gasteiger partial charge in [0.1, 0.15) is 0 Å². The first-order valence-corrected chi connectivity index (χ1v) is 7.34. The predicted octanol–water partition coefficient (Wildman–Crippen LogP) is 5.28. The van der Waals surface area contributed by atoms with E-state index in [-0.39, 0.29) is 6.10 Å². The number of aryl methyl sites for hydroxylation is 3. The smallest absolute Gasteiger partial charge is 0.0829 e. The SMILES string of the molecule is CCC(OCc1ccc(C)cc1)c1ccc(C)cc1C. The number of hydrogen-bond donors (Lipinski definition) is 0. The van der Waals surface area contributed by atoms with Gasteiger partial charge in [-0.3, -0.25) is 0 Å². The van der Waals surface area contributed by atoms with Crippen molar-refractivity contribution in [1.82, 2.24) is 0 Å². The van der Waals surface area contributed by atoms with E-state index in [0.29, 0.717) is 6.61 Å². The van der Waals surface area contributed by atoms with E-state index in [1.54, 1.807) is 0 Å². The third-order valence-electron chi connectivity index (χ3n) is 3.71. The number of ether oxygens (including phenoxy) is 1. The highest BCUT2D eigenvalue weighted by atomic mass is 16.5. The molecule has 0 saturated carbocycles. The summed E-state index contributed by atoms with van der Waals surface area (Å²) in [6.07, 6.45) is 1.17. The molecule has 0 aromatic heterocycles. The highest BCUT2D eigenvalue weighted by Crippen LogP contribution is 2.26. The maximum absolute atomic E-state index is 6.12. The van der Waals surface area contributed by atoms with E-state index in [2.05, 4.69) is 70.2 Å². The topological polar surface area (TPSA) is 9.23 Å². The molecule has 1 atom stereocenters. The molecule has 0 amide bonds. The molecular weight excluding hydrogens is 244 g/mol. The van der Waals surface area contributed by atoms with Gasteiger partial charge in [0, 0.05) is 0 Å². The minimum Gasteiger partial charge on any atom is -0.369 e. The Bertz CT molecular complexity index is 554. The van der Waals surface area contributed by atoms with Crippen molar-refractivity contribution in [1.29, 1.82) is 0 Å². The van der Waals surface area contributed by atoms with Crippen LogP contribution < -0.4 is 0 Å². The van der Waals surface area contributed by atoms with Crippen LogP contribution in [0.5, 0.6) is 0 Å². The molecule has 2 rings (SSSR count). The van der Waals surface area contributed by atoms with Gasteiger partial charge in [0.15, 0.2) is 0 Å². The van der Waals surface area contributed by atoms with E-state index < -0.39 is 0 Å². The fraction of sp³-hybridized carbons (Fsp3) is 0.368. The second kappa shape index (κ2) is 6.71. The second-order valence-corrected chi connectivity index (χ2v) is 5.55. The molecule has 0 saturated heterocycles. The normalized spacial score (nSPS) is 12.4. The van der Waals surface area contributed by atoms with E-state index in [1.807, 2.05) is 0 Å². The van der Waals surface area contributed by atoms with Gasteiger partial charge < -0.3 is 4.74 Å². The minimum atomic E-state index is 0.178. The molecule has 0 bridgehead atoms. The van der Waals surface area contributed by atoms with Crippen LogP contribution in [0.3, 0.4) is 0 Å². The fourth-order valence-corrected chi connectivity index (χ4v) is 2.50. The Morgan fingerprint density at radius 2 is 1.55 bits per heavy atom. The van der Waals surface area contributed by atoms with Crippen LogP contribution in [0.1, 0.15) is 47.3 Å². The maximum Gasteiger partial charge on any atom is 0.0829 e. The first-order valence-electron chi connectivity index (χ1n) is 7.34. The molecule has 1 heteroatoms. The molecular formula is C19H24O. The van der Waals surface area contributed by atoms with Gasteiger partial charge in [0.25, 0.3) is 0 Å². The lowest BCUT2D eigenvalue weighted by Gasteiger charge is -2.19. The average molecular weight is 268 g/mol. The first-order chi connectivity index (χ1) is 9.60. The molecule has 0 aliphatic heterocycles. The molecule has 0 spiro atoms. The summed E-state index contributed by atoms with van der Waals surface area (Å²) in [6.45, 7) is 9.26. The van der Waals surface area contributed by atoms with E-state index in [1.165, 1.54) is 27.8 Å². The van der Waals surface area contributed by atoms with Gasteiger partial charge in [-0.2, -0.15) is 0 Å². The molecule has 0 N–H and O–H groups in total. The van der Waals surface area contributed by atoms with Crippen LogP contribution in [0.15, 0.2) is 42.5 Å². The number of benzene rings is 2. The number of rotatable bonds is 5. The summed E-state index contributed by atoms with van der Waals surface area (Å²) in [5, 5.41) is 0. The van der Waals surface area contributed by atoms with Crippen molar-refractivity contribution in [3.8, 4) is 0 Å². The molecule has 2 aromatic carbocycles. The Morgan fingerprint density at radius 1 is 0.900 bits per heavy atom. The zero-order valence-corrected chi connectivity index (χ0v) is 12.9. The Labute approximate surface area is 122 Å². The molecule has 0 radical (unpaired) electrons. The van der Waals surface area contributed by atoms with E-state index >= 15 is 0 Å².